The lowest BCUT2D eigenvalue weighted by molar-refractivity contribution is 0.0693. The van der Waals surface area contributed by atoms with Crippen LogP contribution in [0.25, 0.3) is 0 Å². The van der Waals surface area contributed by atoms with Crippen molar-refractivity contribution in [1.29, 1.82) is 0 Å². The van der Waals surface area contributed by atoms with Crippen LogP contribution in [0, 0.1) is 12.8 Å². The second-order valence-electron chi connectivity index (χ2n) is 4.99. The van der Waals surface area contributed by atoms with E-state index in [4.69, 9.17) is 5.73 Å². The van der Waals surface area contributed by atoms with Crippen molar-refractivity contribution < 1.29 is 4.79 Å². The van der Waals surface area contributed by atoms with E-state index >= 15 is 0 Å². The summed E-state index contributed by atoms with van der Waals surface area (Å²) >= 11 is 3.44. The molecule has 0 radical (unpaired) electrons. The van der Waals surface area contributed by atoms with Crippen molar-refractivity contribution in [3.05, 3.63) is 33.8 Å². The lowest BCUT2D eigenvalue weighted by atomic mass is 9.96. The Bertz CT molecular complexity index is 425. The van der Waals surface area contributed by atoms with Gasteiger partial charge < -0.3 is 10.6 Å². The van der Waals surface area contributed by atoms with Gasteiger partial charge >= 0.3 is 0 Å². The second kappa shape index (κ2) is 7.27. The fourth-order valence-corrected chi connectivity index (χ4v) is 3.02. The summed E-state index contributed by atoms with van der Waals surface area (Å²) in [5.74, 6) is 0.716. The molecule has 1 heterocycles. The Morgan fingerprint density at radius 3 is 2.53 bits per heavy atom. The van der Waals surface area contributed by atoms with E-state index in [0.29, 0.717) is 5.92 Å². The van der Waals surface area contributed by atoms with E-state index in [-0.39, 0.29) is 18.3 Å². The third-order valence-corrected chi connectivity index (χ3v) is 3.98. The number of aryl methyl sites for hydroxylation is 1. The molecule has 0 spiro atoms. The number of rotatable bonds is 2. The number of likely N-dealkylation sites (tertiary alicyclic amines) is 1. The number of halogens is 2. The van der Waals surface area contributed by atoms with Crippen LogP contribution in [0.4, 0.5) is 0 Å². The predicted octanol–water partition coefficient (Wildman–Crippen LogP) is 2.99. The minimum Gasteiger partial charge on any atom is -0.339 e. The third-order valence-electron chi connectivity index (χ3n) is 3.52. The molecule has 1 amide bonds. The summed E-state index contributed by atoms with van der Waals surface area (Å²) in [5.41, 5.74) is 7.54. The second-order valence-corrected chi connectivity index (χ2v) is 5.90. The largest absolute Gasteiger partial charge is 0.339 e. The number of carbonyl (C=O) groups is 1. The fourth-order valence-electron chi connectivity index (χ4n) is 2.41. The van der Waals surface area contributed by atoms with Gasteiger partial charge in [-0.2, -0.15) is 0 Å². The topological polar surface area (TPSA) is 46.3 Å². The Kier molecular flexibility index (Phi) is 6.30. The van der Waals surface area contributed by atoms with Gasteiger partial charge in [0.05, 0.1) is 0 Å². The van der Waals surface area contributed by atoms with Gasteiger partial charge in [-0.05, 0) is 56.0 Å². The van der Waals surface area contributed by atoms with Crippen LogP contribution in [0.15, 0.2) is 22.7 Å². The number of hydrogen-bond donors (Lipinski definition) is 1. The number of amides is 1. The fraction of sp³-hybridized carbons (Fsp3) is 0.500. The van der Waals surface area contributed by atoms with Gasteiger partial charge in [-0.15, -0.1) is 12.4 Å². The molecule has 1 fully saturated rings. The first-order valence-corrected chi connectivity index (χ1v) is 7.16. The Hall–Kier alpha value is -0.580. The van der Waals surface area contributed by atoms with E-state index in [1.54, 1.807) is 0 Å². The quantitative estimate of drug-likeness (QED) is 0.894. The van der Waals surface area contributed by atoms with Crippen LogP contribution < -0.4 is 5.73 Å². The highest BCUT2D eigenvalue weighted by Gasteiger charge is 2.22. The van der Waals surface area contributed by atoms with E-state index in [9.17, 15) is 4.79 Å². The number of nitrogens with two attached hydrogens (primary N) is 1. The van der Waals surface area contributed by atoms with Crippen LogP contribution in [0.2, 0.25) is 0 Å². The van der Waals surface area contributed by atoms with Crippen LogP contribution in [0.1, 0.15) is 28.8 Å². The van der Waals surface area contributed by atoms with Gasteiger partial charge in [0.1, 0.15) is 0 Å². The van der Waals surface area contributed by atoms with E-state index in [1.807, 2.05) is 30.0 Å². The summed E-state index contributed by atoms with van der Waals surface area (Å²) < 4.78 is 0.961. The number of piperidine rings is 1. The van der Waals surface area contributed by atoms with Crippen molar-refractivity contribution in [1.82, 2.24) is 4.90 Å². The van der Waals surface area contributed by atoms with Crippen LogP contribution in [0.5, 0.6) is 0 Å². The first-order valence-electron chi connectivity index (χ1n) is 6.36. The van der Waals surface area contributed by atoms with Gasteiger partial charge in [0.25, 0.3) is 5.91 Å². The van der Waals surface area contributed by atoms with Gasteiger partial charge in [0.2, 0.25) is 0 Å². The number of nitrogens with zero attached hydrogens (tertiary/aromatic N) is 1. The lowest BCUT2D eigenvalue weighted by Crippen LogP contribution is -2.40. The molecule has 2 N–H and O–H groups in total. The molecule has 0 bridgehead atoms. The lowest BCUT2D eigenvalue weighted by Gasteiger charge is -2.31. The first-order chi connectivity index (χ1) is 8.60. The molecule has 0 saturated carbocycles. The Balaban J connectivity index is 0.00000180. The highest BCUT2D eigenvalue weighted by molar-refractivity contribution is 9.10. The Morgan fingerprint density at radius 1 is 1.37 bits per heavy atom. The zero-order valence-corrected chi connectivity index (χ0v) is 13.5. The molecule has 1 aliphatic heterocycles. The van der Waals surface area contributed by atoms with Gasteiger partial charge in [-0.3, -0.25) is 4.79 Å². The van der Waals surface area contributed by atoms with Crippen LogP contribution in [-0.2, 0) is 0 Å². The summed E-state index contributed by atoms with van der Waals surface area (Å²) in [6.45, 7) is 4.39. The predicted molar refractivity (Wildman–Crippen MR) is 83.8 cm³/mol. The van der Waals surface area contributed by atoms with E-state index in [1.165, 1.54) is 0 Å². The van der Waals surface area contributed by atoms with E-state index < -0.39 is 0 Å². The highest BCUT2D eigenvalue weighted by atomic mass is 79.9. The average Bonchev–Trinajstić information content (AvgIpc) is 2.37. The van der Waals surface area contributed by atoms with Crippen LogP contribution in [0.3, 0.4) is 0 Å². The first kappa shape index (κ1) is 16.5. The zero-order valence-electron chi connectivity index (χ0n) is 11.1. The highest BCUT2D eigenvalue weighted by Crippen LogP contribution is 2.20. The Labute approximate surface area is 129 Å². The van der Waals surface area contributed by atoms with Crippen molar-refractivity contribution in [2.45, 2.75) is 19.8 Å². The monoisotopic (exact) mass is 346 g/mol. The molecule has 0 atom stereocenters. The molecule has 1 aromatic carbocycles. The van der Waals surface area contributed by atoms with Gasteiger partial charge in [0, 0.05) is 23.1 Å². The summed E-state index contributed by atoms with van der Waals surface area (Å²) in [5, 5.41) is 0. The van der Waals surface area contributed by atoms with Crippen molar-refractivity contribution in [2.75, 3.05) is 19.6 Å². The summed E-state index contributed by atoms with van der Waals surface area (Å²) in [7, 11) is 0. The molecule has 2 rings (SSSR count). The molecule has 3 nitrogen and oxygen atoms in total. The van der Waals surface area contributed by atoms with Crippen molar-refractivity contribution in [3.8, 4) is 0 Å². The normalized spacial score (nSPS) is 16.1. The maximum atomic E-state index is 12.4. The van der Waals surface area contributed by atoms with Crippen molar-refractivity contribution in [2.24, 2.45) is 11.7 Å². The number of benzene rings is 1. The average molecular weight is 348 g/mol. The molecule has 19 heavy (non-hydrogen) atoms. The molecular formula is C14H20BrClN2O. The summed E-state index contributed by atoms with van der Waals surface area (Å²) in [6.07, 6.45) is 2.05. The molecular weight excluding hydrogens is 328 g/mol. The molecule has 1 aliphatic rings. The number of carbonyl (C=O) groups excluding carboxylic acids is 1. The molecule has 106 valence electrons. The third kappa shape index (κ3) is 4.20. The maximum absolute atomic E-state index is 12.4. The van der Waals surface area contributed by atoms with Crippen LogP contribution >= 0.6 is 28.3 Å². The molecule has 0 aliphatic carbocycles. The maximum Gasteiger partial charge on any atom is 0.253 e. The smallest absolute Gasteiger partial charge is 0.253 e. The van der Waals surface area contributed by atoms with E-state index in [0.717, 1.165) is 48.1 Å². The van der Waals surface area contributed by atoms with Gasteiger partial charge in [0.15, 0.2) is 0 Å². The molecule has 0 unspecified atom stereocenters. The number of hydrogen-bond acceptors (Lipinski definition) is 2. The molecule has 0 aromatic heterocycles. The summed E-state index contributed by atoms with van der Waals surface area (Å²) in [6, 6.07) is 5.85. The Morgan fingerprint density at radius 2 is 2.00 bits per heavy atom. The van der Waals surface area contributed by atoms with Crippen molar-refractivity contribution in [3.63, 3.8) is 0 Å². The van der Waals surface area contributed by atoms with E-state index in [2.05, 4.69) is 15.9 Å². The minimum atomic E-state index is 0. The van der Waals surface area contributed by atoms with Crippen molar-refractivity contribution >= 4 is 34.2 Å². The summed E-state index contributed by atoms with van der Waals surface area (Å²) in [4.78, 5) is 14.3. The zero-order chi connectivity index (χ0) is 13.1. The molecule has 5 heteroatoms. The standard InChI is InChI=1S/C14H19BrN2O.ClH/c1-10-6-12(8-13(15)7-10)14(18)17-4-2-11(9-16)3-5-17;/h6-8,11H,2-5,9,16H2,1H3;1H. The van der Waals surface area contributed by atoms with Gasteiger partial charge in [-0.1, -0.05) is 15.9 Å². The SMILES string of the molecule is Cc1cc(Br)cc(C(=O)N2CCC(CN)CC2)c1.Cl. The molecule has 1 saturated heterocycles. The molecule has 1 aromatic rings. The van der Waals surface area contributed by atoms with Crippen LogP contribution in [-0.4, -0.2) is 30.4 Å². The minimum absolute atomic E-state index is 0. The van der Waals surface area contributed by atoms with Gasteiger partial charge in [-0.25, -0.2) is 0 Å².